The van der Waals surface area contributed by atoms with Crippen LogP contribution in [0.1, 0.15) is 138 Å². The van der Waals surface area contributed by atoms with Crippen molar-refractivity contribution in [1.29, 1.82) is 0 Å². The van der Waals surface area contributed by atoms with Gasteiger partial charge in [0.05, 0.1) is 0 Å². The molecule has 1 unspecified atom stereocenters. The molecule has 296 valence electrons. The summed E-state index contributed by atoms with van der Waals surface area (Å²) in [5.41, 5.74) is 9.11. The Labute approximate surface area is 312 Å². The Hall–Kier alpha value is -2.01. The van der Waals surface area contributed by atoms with Crippen molar-refractivity contribution < 1.29 is 59.4 Å². The molecule has 0 saturated heterocycles. The number of hydrogen-bond acceptors (Lipinski definition) is 12. The van der Waals surface area contributed by atoms with E-state index in [1.807, 2.05) is 18.2 Å². The fraction of sp³-hybridized carbons (Fsp3) is 0.514. The molecule has 0 aliphatic carbocycles. The van der Waals surface area contributed by atoms with E-state index < -0.39 is 25.8 Å². The number of benzene rings is 3. The lowest BCUT2D eigenvalue weighted by Crippen LogP contribution is -2.17. The maximum Gasteiger partial charge on any atom is 0.324 e. The Bertz CT molecular complexity index is 1480. The van der Waals surface area contributed by atoms with E-state index in [2.05, 4.69) is 108 Å². The normalized spacial score (nSPS) is 12.6. The van der Waals surface area contributed by atoms with E-state index in [0.717, 1.165) is 39.8 Å². The van der Waals surface area contributed by atoms with Crippen molar-refractivity contribution in [3.05, 3.63) is 86.5 Å². The Morgan fingerprint density at radius 3 is 0.885 bits per heavy atom. The molecule has 3 aromatic carbocycles. The fourth-order valence-corrected chi connectivity index (χ4v) is 6.11. The third-order valence-corrected chi connectivity index (χ3v) is 8.45. The molecule has 15 heteroatoms. The van der Waals surface area contributed by atoms with E-state index in [4.69, 9.17) is 44.0 Å². The molecule has 0 spiro atoms. The molecule has 3 aromatic rings. The molecule has 3 rings (SSSR count). The van der Waals surface area contributed by atoms with Gasteiger partial charge in [-0.15, -0.1) is 0 Å². The molecule has 0 aliphatic rings. The van der Waals surface area contributed by atoms with Gasteiger partial charge in [0, 0.05) is 5.92 Å². The molecular weight excluding hydrogens is 729 g/mol. The lowest BCUT2D eigenvalue weighted by molar-refractivity contribution is 0.366. The third-order valence-electron chi connectivity index (χ3n) is 8.45. The summed E-state index contributed by atoms with van der Waals surface area (Å²) >= 11 is 0. The SMILES string of the molecule is Cc1cc(O)c(C(C)(C)C)cc1C(C)CC(c1cc(C(C)(C)C)c(O)cc1C)c1cc(C(C)(C)C)c(O)cc1C.OP(O)O.OP(O)O.OP(O)O. The van der Waals surface area contributed by atoms with Crippen LogP contribution in [-0.4, -0.2) is 59.4 Å². The maximum absolute atomic E-state index is 10.9. The zero-order valence-corrected chi connectivity index (χ0v) is 35.2. The molecule has 0 aromatic heterocycles. The third kappa shape index (κ3) is 16.6. The predicted octanol–water partition coefficient (Wildman–Crippen LogP) is 7.52. The lowest BCUT2D eigenvalue weighted by Gasteiger charge is -2.31. The molecule has 1 atom stereocenters. The highest BCUT2D eigenvalue weighted by Crippen LogP contribution is 2.45. The zero-order valence-electron chi connectivity index (χ0n) is 32.5. The molecule has 0 saturated carbocycles. The predicted molar refractivity (Wildman–Crippen MR) is 210 cm³/mol. The van der Waals surface area contributed by atoms with Gasteiger partial charge in [-0.2, -0.15) is 0 Å². The van der Waals surface area contributed by atoms with Crippen LogP contribution in [0.2, 0.25) is 0 Å². The highest BCUT2D eigenvalue weighted by atomic mass is 31.2. The van der Waals surface area contributed by atoms with Gasteiger partial charge in [0.15, 0.2) is 0 Å². The topological polar surface area (TPSA) is 243 Å². The first-order valence-electron chi connectivity index (χ1n) is 16.4. The number of aryl methyl sites for hydroxylation is 3. The van der Waals surface area contributed by atoms with Crippen molar-refractivity contribution in [2.24, 2.45) is 0 Å². The van der Waals surface area contributed by atoms with Gasteiger partial charge in [0.2, 0.25) is 0 Å². The number of rotatable bonds is 5. The minimum absolute atomic E-state index is 0.0460. The molecule has 0 heterocycles. The first-order valence-corrected chi connectivity index (χ1v) is 20.0. The van der Waals surface area contributed by atoms with Crippen LogP contribution in [0.4, 0.5) is 0 Å². The molecule has 0 fully saturated rings. The summed E-state index contributed by atoms with van der Waals surface area (Å²) in [5, 5.41) is 32.6. The highest BCUT2D eigenvalue weighted by molar-refractivity contribution is 7.38. The van der Waals surface area contributed by atoms with Crippen LogP contribution in [0.5, 0.6) is 17.2 Å². The van der Waals surface area contributed by atoms with Crippen molar-refractivity contribution in [3.8, 4) is 17.2 Å². The summed E-state index contributed by atoms with van der Waals surface area (Å²) in [7, 11) is -7.86. The minimum atomic E-state index is -2.62. The fourth-order valence-electron chi connectivity index (χ4n) is 6.11. The molecule has 0 amide bonds. The van der Waals surface area contributed by atoms with Gasteiger partial charge < -0.3 is 59.4 Å². The van der Waals surface area contributed by atoms with Gasteiger partial charge in [-0.3, -0.25) is 0 Å². The molecule has 12 nitrogen and oxygen atoms in total. The first-order chi connectivity index (χ1) is 23.3. The summed E-state index contributed by atoms with van der Waals surface area (Å²) in [6.07, 6.45) is 0.847. The van der Waals surface area contributed by atoms with Gasteiger partial charge in [0.25, 0.3) is 0 Å². The zero-order chi connectivity index (χ0) is 41.3. The Kier molecular flexibility index (Phi) is 19.8. The lowest BCUT2D eigenvalue weighted by atomic mass is 9.74. The second-order valence-electron chi connectivity index (χ2n) is 15.9. The van der Waals surface area contributed by atoms with Gasteiger partial charge in [-0.1, -0.05) is 87.4 Å². The van der Waals surface area contributed by atoms with Crippen molar-refractivity contribution in [2.45, 2.75) is 125 Å². The standard InChI is InChI=1S/C37H52O3.3H3O3P/c1-21(25-18-29(35(5,6)7)32(38)15-22(25)2)14-28(26-19-30(36(8,9)10)33(39)16-23(26)3)27-20-31(37(11,12)13)34(40)17-24(27)4;3*1-4(2)3/h15-21,28,38-40H,14H2,1-13H3;3*1-3H. The van der Waals surface area contributed by atoms with E-state index in [0.29, 0.717) is 17.2 Å². The van der Waals surface area contributed by atoms with Crippen LogP contribution in [0.25, 0.3) is 0 Å². The largest absolute Gasteiger partial charge is 0.508 e. The molecule has 52 heavy (non-hydrogen) atoms. The summed E-state index contributed by atoms with van der Waals surface area (Å²) in [5.74, 6) is 1.27. The maximum atomic E-state index is 10.9. The number of hydrogen-bond donors (Lipinski definition) is 12. The van der Waals surface area contributed by atoms with Crippen LogP contribution in [0.15, 0.2) is 36.4 Å². The quantitative estimate of drug-likeness (QED) is 0.112. The Morgan fingerprint density at radius 1 is 0.442 bits per heavy atom. The van der Waals surface area contributed by atoms with Crippen molar-refractivity contribution in [1.82, 2.24) is 0 Å². The molecular formula is C37H61O12P3. The van der Waals surface area contributed by atoms with Gasteiger partial charge in [0.1, 0.15) is 17.2 Å². The summed E-state index contributed by atoms with van der Waals surface area (Å²) in [6.45, 7) is 27.7. The summed E-state index contributed by atoms with van der Waals surface area (Å²) < 4.78 is 0. The van der Waals surface area contributed by atoms with Crippen LogP contribution in [0.3, 0.4) is 0 Å². The minimum Gasteiger partial charge on any atom is -0.508 e. The number of aromatic hydroxyl groups is 3. The van der Waals surface area contributed by atoms with Crippen LogP contribution in [-0.2, 0) is 16.2 Å². The molecule has 0 aliphatic heterocycles. The van der Waals surface area contributed by atoms with Crippen molar-refractivity contribution in [3.63, 3.8) is 0 Å². The average Bonchev–Trinajstić information content (AvgIpc) is 2.89. The summed E-state index contributed by atoms with van der Waals surface area (Å²) in [4.78, 5) is 65.1. The van der Waals surface area contributed by atoms with Gasteiger partial charge in [-0.25, -0.2) is 0 Å². The molecule has 0 bridgehead atoms. The van der Waals surface area contributed by atoms with E-state index in [9.17, 15) is 15.3 Å². The van der Waals surface area contributed by atoms with E-state index >= 15 is 0 Å². The van der Waals surface area contributed by atoms with Gasteiger partial charge in [-0.05, 0) is 118 Å². The van der Waals surface area contributed by atoms with Crippen LogP contribution < -0.4 is 0 Å². The second-order valence-corrected chi connectivity index (χ2v) is 17.5. The van der Waals surface area contributed by atoms with Crippen LogP contribution >= 0.6 is 25.8 Å². The Balaban J connectivity index is 0.00000188. The first kappa shape index (κ1) is 50.0. The molecule has 12 N–H and O–H groups in total. The smallest absolute Gasteiger partial charge is 0.324 e. The Morgan fingerprint density at radius 2 is 0.654 bits per heavy atom. The molecule has 0 radical (unpaired) electrons. The van der Waals surface area contributed by atoms with Crippen molar-refractivity contribution in [2.75, 3.05) is 0 Å². The van der Waals surface area contributed by atoms with E-state index in [1.54, 1.807) is 0 Å². The monoisotopic (exact) mass is 790 g/mol. The highest BCUT2D eigenvalue weighted by Gasteiger charge is 2.30. The number of phenolic OH excluding ortho intramolecular Hbond substituents is 3. The van der Waals surface area contributed by atoms with Gasteiger partial charge >= 0.3 is 25.8 Å². The van der Waals surface area contributed by atoms with E-state index in [-0.39, 0.29) is 28.1 Å². The summed E-state index contributed by atoms with van der Waals surface area (Å²) in [6, 6.07) is 12.3. The van der Waals surface area contributed by atoms with E-state index in [1.165, 1.54) is 16.7 Å². The average molecular weight is 791 g/mol. The second kappa shape index (κ2) is 20.6. The van der Waals surface area contributed by atoms with Crippen LogP contribution in [0, 0.1) is 20.8 Å². The van der Waals surface area contributed by atoms with Crippen molar-refractivity contribution >= 4 is 25.8 Å². The number of phenols is 3.